The predicted molar refractivity (Wildman–Crippen MR) is 82.3 cm³/mol. The lowest BCUT2D eigenvalue weighted by molar-refractivity contribution is 0.538. The van der Waals surface area contributed by atoms with Crippen molar-refractivity contribution < 1.29 is 4.42 Å². The van der Waals surface area contributed by atoms with Crippen molar-refractivity contribution in [3.63, 3.8) is 0 Å². The second-order valence-corrected chi connectivity index (χ2v) is 6.25. The average Bonchev–Trinajstić information content (AvgIpc) is 3.04. The van der Waals surface area contributed by atoms with Gasteiger partial charge in [-0.05, 0) is 32.9 Å². The highest BCUT2D eigenvalue weighted by atomic mass is 32.2. The van der Waals surface area contributed by atoms with Crippen LogP contribution in [0.25, 0.3) is 11.6 Å². The first-order chi connectivity index (χ1) is 9.70. The maximum absolute atomic E-state index is 5.69. The monoisotopic (exact) mass is 292 g/mol. The molecule has 3 rings (SSSR count). The Kier molecular flexibility index (Phi) is 3.74. The van der Waals surface area contributed by atoms with Crippen molar-refractivity contribution >= 4 is 17.7 Å². The van der Waals surface area contributed by atoms with Gasteiger partial charge < -0.3 is 9.32 Å². The van der Waals surface area contributed by atoms with Crippen molar-refractivity contribution in [3.05, 3.63) is 17.9 Å². The van der Waals surface area contributed by atoms with Gasteiger partial charge in [-0.1, -0.05) is 0 Å². The fourth-order valence-electron chi connectivity index (χ4n) is 2.56. The molecular formula is C14H20N4OS. The van der Waals surface area contributed by atoms with E-state index in [-0.39, 0.29) is 0 Å². The number of anilines is 1. The summed E-state index contributed by atoms with van der Waals surface area (Å²) < 4.78 is 7.84. The molecule has 0 aliphatic carbocycles. The molecule has 2 aromatic heterocycles. The topological polar surface area (TPSA) is 47.1 Å². The molecule has 0 radical (unpaired) electrons. The van der Waals surface area contributed by atoms with Crippen LogP contribution in [0.15, 0.2) is 16.5 Å². The van der Waals surface area contributed by atoms with Gasteiger partial charge in [-0.15, -0.1) is 10.2 Å². The summed E-state index contributed by atoms with van der Waals surface area (Å²) in [6.07, 6.45) is 0. The van der Waals surface area contributed by atoms with Crippen LogP contribution in [0.5, 0.6) is 0 Å². The van der Waals surface area contributed by atoms with Crippen LogP contribution in [0.1, 0.15) is 19.6 Å². The minimum Gasteiger partial charge on any atom is -0.458 e. The van der Waals surface area contributed by atoms with Gasteiger partial charge in [0.2, 0.25) is 11.8 Å². The van der Waals surface area contributed by atoms with Gasteiger partial charge in [-0.2, -0.15) is 11.8 Å². The second kappa shape index (κ2) is 5.52. The minimum absolute atomic E-state index is 0.495. The van der Waals surface area contributed by atoms with Crippen molar-refractivity contribution in [2.45, 2.75) is 33.4 Å². The van der Waals surface area contributed by atoms with Crippen molar-refractivity contribution in [2.24, 2.45) is 0 Å². The van der Waals surface area contributed by atoms with Gasteiger partial charge in [0.25, 0.3) is 0 Å². The highest BCUT2D eigenvalue weighted by Crippen LogP contribution is 2.27. The van der Waals surface area contributed by atoms with E-state index < -0.39 is 0 Å². The SMILES string of the molecule is CCn1c(-c2ccc(C)o2)nnc1N1CCSCC1C. The third-order valence-electron chi connectivity index (χ3n) is 3.63. The van der Waals surface area contributed by atoms with Crippen LogP contribution < -0.4 is 4.90 Å². The lowest BCUT2D eigenvalue weighted by atomic mass is 10.3. The molecule has 0 spiro atoms. The Morgan fingerprint density at radius 2 is 2.25 bits per heavy atom. The maximum atomic E-state index is 5.69. The average molecular weight is 292 g/mol. The Morgan fingerprint density at radius 1 is 1.40 bits per heavy atom. The van der Waals surface area contributed by atoms with Crippen LogP contribution in [0.4, 0.5) is 5.95 Å². The third-order valence-corrected chi connectivity index (χ3v) is 4.82. The van der Waals surface area contributed by atoms with E-state index in [1.165, 1.54) is 0 Å². The first-order valence-corrected chi connectivity index (χ1v) is 8.20. The van der Waals surface area contributed by atoms with Gasteiger partial charge in [0.15, 0.2) is 5.76 Å². The van der Waals surface area contributed by atoms with Crippen LogP contribution in [0.2, 0.25) is 0 Å². The Balaban J connectivity index is 1.98. The number of rotatable bonds is 3. The highest BCUT2D eigenvalue weighted by molar-refractivity contribution is 7.99. The molecule has 0 aromatic carbocycles. The molecule has 108 valence electrons. The van der Waals surface area contributed by atoms with Gasteiger partial charge in [-0.25, -0.2) is 0 Å². The Morgan fingerprint density at radius 3 is 2.90 bits per heavy atom. The van der Waals surface area contributed by atoms with E-state index in [0.29, 0.717) is 6.04 Å². The Labute approximate surface area is 123 Å². The molecular weight excluding hydrogens is 272 g/mol. The fraction of sp³-hybridized carbons (Fsp3) is 0.571. The van der Waals surface area contributed by atoms with E-state index in [4.69, 9.17) is 4.42 Å². The molecule has 6 heteroatoms. The molecule has 1 saturated heterocycles. The van der Waals surface area contributed by atoms with E-state index in [1.54, 1.807) is 0 Å². The van der Waals surface area contributed by atoms with Crippen LogP contribution >= 0.6 is 11.8 Å². The number of aryl methyl sites for hydroxylation is 1. The summed E-state index contributed by atoms with van der Waals surface area (Å²) in [4.78, 5) is 2.35. The van der Waals surface area contributed by atoms with Crippen LogP contribution in [0.3, 0.4) is 0 Å². The van der Waals surface area contributed by atoms with Gasteiger partial charge >= 0.3 is 0 Å². The number of thioether (sulfide) groups is 1. The summed E-state index contributed by atoms with van der Waals surface area (Å²) in [7, 11) is 0. The molecule has 1 atom stereocenters. The van der Waals surface area contributed by atoms with Crippen molar-refractivity contribution in [1.29, 1.82) is 0 Å². The van der Waals surface area contributed by atoms with Crippen molar-refractivity contribution in [1.82, 2.24) is 14.8 Å². The molecule has 0 N–H and O–H groups in total. The molecule has 3 heterocycles. The van der Waals surface area contributed by atoms with Crippen LogP contribution in [-0.4, -0.2) is 38.9 Å². The van der Waals surface area contributed by atoms with Gasteiger partial charge in [-0.3, -0.25) is 4.57 Å². The number of nitrogens with zero attached hydrogens (tertiary/aromatic N) is 4. The predicted octanol–water partition coefficient (Wildman–Crippen LogP) is 2.81. The zero-order chi connectivity index (χ0) is 14.1. The van der Waals surface area contributed by atoms with Gasteiger partial charge in [0.1, 0.15) is 5.76 Å². The summed E-state index contributed by atoms with van der Waals surface area (Å²) >= 11 is 2.00. The summed E-state index contributed by atoms with van der Waals surface area (Å²) in [5, 5.41) is 8.77. The molecule has 20 heavy (non-hydrogen) atoms. The van der Waals surface area contributed by atoms with Crippen LogP contribution in [0, 0.1) is 6.92 Å². The summed E-state index contributed by atoms with van der Waals surface area (Å²) in [6.45, 7) is 8.18. The molecule has 5 nitrogen and oxygen atoms in total. The van der Waals surface area contributed by atoms with Gasteiger partial charge in [0, 0.05) is 30.6 Å². The highest BCUT2D eigenvalue weighted by Gasteiger charge is 2.25. The second-order valence-electron chi connectivity index (χ2n) is 5.10. The molecule has 1 unspecified atom stereocenters. The normalized spacial score (nSPS) is 19.6. The molecule has 0 bridgehead atoms. The van der Waals surface area contributed by atoms with Crippen LogP contribution in [-0.2, 0) is 6.54 Å². The van der Waals surface area contributed by atoms with Crippen molar-refractivity contribution in [3.8, 4) is 11.6 Å². The fourth-order valence-corrected chi connectivity index (χ4v) is 3.57. The molecule has 0 saturated carbocycles. The van der Waals surface area contributed by atoms with E-state index in [9.17, 15) is 0 Å². The number of aromatic nitrogens is 3. The zero-order valence-electron chi connectivity index (χ0n) is 12.2. The summed E-state index contributed by atoms with van der Waals surface area (Å²) in [5.41, 5.74) is 0. The van der Waals surface area contributed by atoms with E-state index in [0.717, 1.165) is 47.9 Å². The molecule has 1 fully saturated rings. The summed E-state index contributed by atoms with van der Waals surface area (Å²) in [5.74, 6) is 5.77. The van der Waals surface area contributed by atoms with E-state index in [1.807, 2.05) is 30.8 Å². The third kappa shape index (κ3) is 2.32. The largest absolute Gasteiger partial charge is 0.458 e. The Hall–Kier alpha value is -1.43. The van der Waals surface area contributed by atoms with E-state index in [2.05, 4.69) is 33.5 Å². The number of furan rings is 1. The smallest absolute Gasteiger partial charge is 0.227 e. The van der Waals surface area contributed by atoms with Crippen molar-refractivity contribution in [2.75, 3.05) is 23.0 Å². The maximum Gasteiger partial charge on any atom is 0.227 e. The standard InChI is InChI=1S/C14H20N4OS/c1-4-17-13(12-6-5-11(3)19-12)15-16-14(17)18-7-8-20-9-10(18)2/h5-6,10H,4,7-9H2,1-3H3. The van der Waals surface area contributed by atoms with E-state index >= 15 is 0 Å². The first kappa shape index (κ1) is 13.5. The molecule has 1 aliphatic rings. The quantitative estimate of drug-likeness (QED) is 0.870. The first-order valence-electron chi connectivity index (χ1n) is 7.05. The molecule has 1 aliphatic heterocycles. The molecule has 2 aromatic rings. The molecule has 0 amide bonds. The number of hydrogen-bond acceptors (Lipinski definition) is 5. The summed E-state index contributed by atoms with van der Waals surface area (Å²) in [6, 6.07) is 4.42. The minimum atomic E-state index is 0.495. The lowest BCUT2D eigenvalue weighted by Crippen LogP contribution is -2.42. The Bertz CT molecular complexity index is 592. The van der Waals surface area contributed by atoms with Gasteiger partial charge in [0.05, 0.1) is 0 Å². The zero-order valence-corrected chi connectivity index (χ0v) is 13.0. The lowest BCUT2D eigenvalue weighted by Gasteiger charge is -2.33. The number of hydrogen-bond donors (Lipinski definition) is 0.